The van der Waals surface area contributed by atoms with E-state index in [1.807, 2.05) is 30.3 Å². The monoisotopic (exact) mass is 377 g/mol. The maximum absolute atomic E-state index is 12.4. The molecule has 1 heterocycles. The first kappa shape index (κ1) is 18.8. The van der Waals surface area contributed by atoms with Crippen molar-refractivity contribution in [1.82, 2.24) is 15.3 Å². The van der Waals surface area contributed by atoms with E-state index in [0.29, 0.717) is 28.2 Å². The second-order valence-corrected chi connectivity index (χ2v) is 5.65. The number of carbonyl (C=O) groups is 1. The van der Waals surface area contributed by atoms with E-state index in [-0.39, 0.29) is 18.4 Å². The van der Waals surface area contributed by atoms with Gasteiger partial charge in [-0.15, -0.1) is 12.4 Å². The van der Waals surface area contributed by atoms with Crippen molar-refractivity contribution in [2.45, 2.75) is 6.42 Å². The number of nitrogens with zero attached hydrogens (tertiary/aromatic N) is 2. The molecule has 4 N–H and O–H groups in total. The normalized spacial score (nSPS) is 11.2. The number of carbonyl (C=O) groups excluding carboxylic acids is 1. The molecule has 1 aromatic heterocycles. The number of hydrogen-bond donors (Lipinski definition) is 3. The molecule has 25 heavy (non-hydrogen) atoms. The minimum absolute atomic E-state index is 0. The van der Waals surface area contributed by atoms with Crippen molar-refractivity contribution in [3.8, 4) is 0 Å². The predicted molar refractivity (Wildman–Crippen MR) is 102 cm³/mol. The molecule has 130 valence electrons. The van der Waals surface area contributed by atoms with Gasteiger partial charge in [-0.3, -0.25) is 15.1 Å². The molecular weight excluding hydrogens is 361 g/mol. The van der Waals surface area contributed by atoms with Crippen LogP contribution < -0.4 is 11.1 Å². The van der Waals surface area contributed by atoms with Gasteiger partial charge in [0, 0.05) is 11.6 Å². The summed E-state index contributed by atoms with van der Waals surface area (Å²) in [6.45, 7) is 0.490. The summed E-state index contributed by atoms with van der Waals surface area (Å²) in [4.78, 5) is 23.6. The quantitative estimate of drug-likeness (QED) is 0.481. The Balaban J connectivity index is 0.00000225. The van der Waals surface area contributed by atoms with Crippen molar-refractivity contribution in [2.75, 3.05) is 6.54 Å². The van der Waals surface area contributed by atoms with E-state index in [0.717, 1.165) is 12.0 Å². The smallest absolute Gasteiger partial charge is 0.260 e. The van der Waals surface area contributed by atoms with Crippen LogP contribution in [0.15, 0.2) is 53.8 Å². The number of nitrogens with one attached hydrogen (secondary N) is 2. The number of halogens is 2. The summed E-state index contributed by atoms with van der Waals surface area (Å²) < 4.78 is 0. The highest BCUT2D eigenvalue weighted by Crippen LogP contribution is 2.21. The van der Waals surface area contributed by atoms with Crippen LogP contribution in [-0.2, 0) is 6.42 Å². The molecule has 0 fully saturated rings. The molecule has 1 amide bonds. The van der Waals surface area contributed by atoms with Crippen molar-refractivity contribution in [2.24, 2.45) is 10.7 Å². The van der Waals surface area contributed by atoms with E-state index in [1.165, 1.54) is 6.33 Å². The molecule has 3 aromatic rings. The number of aliphatic imine (C=N–C) groups is 1. The van der Waals surface area contributed by atoms with Crippen LogP contribution in [0.5, 0.6) is 0 Å². The van der Waals surface area contributed by atoms with Gasteiger partial charge in [0.1, 0.15) is 5.52 Å². The van der Waals surface area contributed by atoms with Crippen molar-refractivity contribution >= 4 is 46.9 Å². The number of benzene rings is 2. The summed E-state index contributed by atoms with van der Waals surface area (Å²) in [6.07, 6.45) is 2.26. The number of H-pyrrole nitrogens is 1. The van der Waals surface area contributed by atoms with Crippen LogP contribution in [-0.4, -0.2) is 28.4 Å². The van der Waals surface area contributed by atoms with Gasteiger partial charge in [-0.05, 0) is 24.1 Å². The third-order valence-corrected chi connectivity index (χ3v) is 3.72. The van der Waals surface area contributed by atoms with Crippen LogP contribution in [0.25, 0.3) is 11.0 Å². The van der Waals surface area contributed by atoms with Crippen LogP contribution in [0.4, 0.5) is 0 Å². The summed E-state index contributed by atoms with van der Waals surface area (Å²) in [5, 5.41) is 3.01. The van der Waals surface area contributed by atoms with Crippen LogP contribution in [0.3, 0.4) is 0 Å². The standard InChI is InChI=1S/C17H16ClN5O.ClH/c18-12-8-13(15-14(9-12)21-10-22-15)16(24)23-17(19)20-7-6-11-4-2-1-3-5-11;/h1-5,8-10H,6-7H2,(H,21,22)(H3,19,20,23,24);1H. The lowest BCUT2D eigenvalue weighted by Gasteiger charge is -2.06. The Morgan fingerprint density at radius 2 is 2.04 bits per heavy atom. The Bertz CT molecular complexity index is 892. The van der Waals surface area contributed by atoms with Gasteiger partial charge in [0.05, 0.1) is 17.4 Å². The lowest BCUT2D eigenvalue weighted by atomic mass is 10.1. The van der Waals surface area contributed by atoms with E-state index in [1.54, 1.807) is 12.1 Å². The Morgan fingerprint density at radius 3 is 2.80 bits per heavy atom. The van der Waals surface area contributed by atoms with E-state index < -0.39 is 5.91 Å². The Labute approximate surface area is 155 Å². The second kappa shape index (κ2) is 8.50. The van der Waals surface area contributed by atoms with Gasteiger partial charge in [-0.2, -0.15) is 0 Å². The Hall–Kier alpha value is -2.57. The van der Waals surface area contributed by atoms with E-state index in [2.05, 4.69) is 20.3 Å². The topological polar surface area (TPSA) is 96.2 Å². The van der Waals surface area contributed by atoms with Gasteiger partial charge in [0.25, 0.3) is 5.91 Å². The number of hydrogen-bond acceptors (Lipinski definition) is 3. The second-order valence-electron chi connectivity index (χ2n) is 5.21. The first-order valence-electron chi connectivity index (χ1n) is 7.41. The zero-order valence-electron chi connectivity index (χ0n) is 13.2. The first-order valence-corrected chi connectivity index (χ1v) is 7.79. The lowest BCUT2D eigenvalue weighted by molar-refractivity contribution is 0.0978. The van der Waals surface area contributed by atoms with E-state index in [9.17, 15) is 4.79 Å². The molecule has 0 aliphatic carbocycles. The predicted octanol–water partition coefficient (Wildman–Crippen LogP) is 2.93. The molecule has 8 heteroatoms. The summed E-state index contributed by atoms with van der Waals surface area (Å²) in [7, 11) is 0. The third kappa shape index (κ3) is 4.71. The summed E-state index contributed by atoms with van der Waals surface area (Å²) in [6, 6.07) is 13.2. The molecular formula is C17H17Cl2N5O. The molecule has 0 saturated carbocycles. The number of aromatic amines is 1. The molecule has 0 bridgehead atoms. The molecule has 0 saturated heterocycles. The molecule has 0 spiro atoms. The number of aromatic nitrogens is 2. The largest absolute Gasteiger partial charge is 0.370 e. The molecule has 0 aliphatic heterocycles. The van der Waals surface area contributed by atoms with Crippen LogP contribution in [0.2, 0.25) is 5.02 Å². The highest BCUT2D eigenvalue weighted by Gasteiger charge is 2.14. The zero-order valence-corrected chi connectivity index (χ0v) is 14.8. The first-order chi connectivity index (χ1) is 11.6. The van der Waals surface area contributed by atoms with Crippen molar-refractivity contribution in [1.29, 1.82) is 0 Å². The molecule has 0 unspecified atom stereocenters. The van der Waals surface area contributed by atoms with Gasteiger partial charge in [0.15, 0.2) is 5.96 Å². The average molecular weight is 378 g/mol. The number of imidazole rings is 1. The van der Waals surface area contributed by atoms with E-state index >= 15 is 0 Å². The maximum atomic E-state index is 12.4. The summed E-state index contributed by atoms with van der Waals surface area (Å²) in [5.74, 6) is -0.324. The van der Waals surface area contributed by atoms with E-state index in [4.69, 9.17) is 17.3 Å². The maximum Gasteiger partial charge on any atom is 0.260 e. The Morgan fingerprint density at radius 1 is 1.28 bits per heavy atom. The fourth-order valence-corrected chi connectivity index (χ4v) is 2.58. The highest BCUT2D eigenvalue weighted by atomic mass is 35.5. The minimum Gasteiger partial charge on any atom is -0.370 e. The highest BCUT2D eigenvalue weighted by molar-refractivity contribution is 6.32. The van der Waals surface area contributed by atoms with Gasteiger partial charge in [-0.25, -0.2) is 4.98 Å². The number of nitrogens with two attached hydrogens (primary N) is 1. The molecule has 3 rings (SSSR count). The van der Waals surface area contributed by atoms with Crippen molar-refractivity contribution in [3.05, 3.63) is 64.9 Å². The van der Waals surface area contributed by atoms with Gasteiger partial charge >= 0.3 is 0 Å². The summed E-state index contributed by atoms with van der Waals surface area (Å²) >= 11 is 6.02. The molecule has 0 atom stereocenters. The lowest BCUT2D eigenvalue weighted by Crippen LogP contribution is -2.37. The number of fused-ring (bicyclic) bond motifs is 1. The molecule has 0 radical (unpaired) electrons. The molecule has 0 aliphatic rings. The number of amides is 1. The fraction of sp³-hybridized carbons (Fsp3) is 0.118. The Kier molecular flexibility index (Phi) is 6.38. The van der Waals surface area contributed by atoms with Crippen LogP contribution in [0, 0.1) is 0 Å². The molecule has 6 nitrogen and oxygen atoms in total. The SMILES string of the molecule is Cl.NC(=NCCc1ccccc1)NC(=O)c1cc(Cl)cc2[nH]cnc12. The van der Waals surface area contributed by atoms with Gasteiger partial charge < -0.3 is 10.7 Å². The van der Waals surface area contributed by atoms with Crippen molar-refractivity contribution in [3.63, 3.8) is 0 Å². The minimum atomic E-state index is -0.393. The zero-order chi connectivity index (χ0) is 16.9. The van der Waals surface area contributed by atoms with Crippen LogP contribution in [0.1, 0.15) is 15.9 Å². The average Bonchev–Trinajstić information content (AvgIpc) is 3.03. The third-order valence-electron chi connectivity index (χ3n) is 3.50. The van der Waals surface area contributed by atoms with Gasteiger partial charge in [0.2, 0.25) is 0 Å². The number of guanidine groups is 1. The van der Waals surface area contributed by atoms with Crippen molar-refractivity contribution < 1.29 is 4.79 Å². The molecule has 2 aromatic carbocycles. The number of rotatable bonds is 4. The summed E-state index contributed by atoms with van der Waals surface area (Å²) in [5.41, 5.74) is 8.52. The van der Waals surface area contributed by atoms with Crippen LogP contribution >= 0.6 is 24.0 Å². The fourth-order valence-electron chi connectivity index (χ4n) is 2.36. The van der Waals surface area contributed by atoms with Gasteiger partial charge in [-0.1, -0.05) is 41.9 Å².